The third-order valence-electron chi connectivity index (χ3n) is 2.78. The molecular weight excluding hydrogens is 220 g/mol. The summed E-state index contributed by atoms with van der Waals surface area (Å²) in [5, 5.41) is 12.0. The van der Waals surface area contributed by atoms with Crippen LogP contribution in [0.2, 0.25) is 0 Å². The zero-order chi connectivity index (χ0) is 12.4. The second-order valence-corrected chi connectivity index (χ2v) is 3.95. The molecule has 0 aromatic heterocycles. The lowest BCUT2D eigenvalue weighted by atomic mass is 10.0. The molecule has 5 nitrogen and oxygen atoms in total. The van der Waals surface area contributed by atoms with Crippen LogP contribution in [0.5, 0.6) is 5.75 Å². The molecule has 1 fully saturated rings. The maximum atomic E-state index is 12.0. The summed E-state index contributed by atoms with van der Waals surface area (Å²) >= 11 is 0. The number of piperazine rings is 1. The molecule has 5 heteroatoms. The molecule has 1 aliphatic rings. The molecule has 0 unspecified atom stereocenters. The summed E-state index contributed by atoms with van der Waals surface area (Å²) < 4.78 is 0. The highest BCUT2D eigenvalue weighted by Crippen LogP contribution is 2.22. The van der Waals surface area contributed by atoms with E-state index in [2.05, 4.69) is 5.32 Å². The molecule has 0 aliphatic carbocycles. The van der Waals surface area contributed by atoms with Crippen molar-refractivity contribution in [1.29, 1.82) is 0 Å². The van der Waals surface area contributed by atoms with E-state index >= 15 is 0 Å². The average molecular weight is 234 g/mol. The molecule has 1 heterocycles. The van der Waals surface area contributed by atoms with Gasteiger partial charge in [-0.1, -0.05) is 12.1 Å². The van der Waals surface area contributed by atoms with Gasteiger partial charge in [-0.05, 0) is 24.6 Å². The van der Waals surface area contributed by atoms with E-state index in [-0.39, 0.29) is 24.1 Å². The van der Waals surface area contributed by atoms with Gasteiger partial charge in [0.2, 0.25) is 11.8 Å². The Kier molecular flexibility index (Phi) is 2.99. The number of carbonyl (C=O) groups excluding carboxylic acids is 2. The third kappa shape index (κ3) is 2.22. The monoisotopic (exact) mass is 234 g/mol. The maximum absolute atomic E-state index is 12.0. The molecule has 0 spiro atoms. The van der Waals surface area contributed by atoms with Gasteiger partial charge in [0.25, 0.3) is 0 Å². The highest BCUT2D eigenvalue weighted by Gasteiger charge is 2.32. The summed E-state index contributed by atoms with van der Waals surface area (Å²) in [5.74, 6) is -0.240. The Balaban J connectivity index is 2.30. The Labute approximate surface area is 99.0 Å². The molecule has 1 aliphatic heterocycles. The number of amides is 2. The lowest BCUT2D eigenvalue weighted by Gasteiger charge is -2.31. The van der Waals surface area contributed by atoms with Gasteiger partial charge in [-0.25, -0.2) is 0 Å². The molecule has 0 bridgehead atoms. The summed E-state index contributed by atoms with van der Waals surface area (Å²) in [6.45, 7) is 2.43. The molecule has 17 heavy (non-hydrogen) atoms. The van der Waals surface area contributed by atoms with E-state index in [4.69, 9.17) is 0 Å². The van der Waals surface area contributed by atoms with Crippen LogP contribution in [-0.4, -0.2) is 34.9 Å². The fourth-order valence-corrected chi connectivity index (χ4v) is 1.90. The molecule has 1 aromatic rings. The lowest BCUT2D eigenvalue weighted by Crippen LogP contribution is -2.53. The van der Waals surface area contributed by atoms with Gasteiger partial charge < -0.3 is 15.3 Å². The second-order valence-electron chi connectivity index (χ2n) is 3.95. The van der Waals surface area contributed by atoms with Crippen LogP contribution in [0.25, 0.3) is 0 Å². The predicted octanol–water partition coefficient (Wildman–Crippen LogP) is 0.412. The van der Waals surface area contributed by atoms with Crippen molar-refractivity contribution in [3.63, 3.8) is 0 Å². The van der Waals surface area contributed by atoms with Crippen molar-refractivity contribution in [3.8, 4) is 5.75 Å². The minimum atomic E-state index is -0.691. The molecule has 0 saturated carbocycles. The molecule has 1 aromatic carbocycles. The largest absolute Gasteiger partial charge is 0.508 e. The summed E-state index contributed by atoms with van der Waals surface area (Å²) in [5.41, 5.74) is 0.599. The normalized spacial score (nSPS) is 20.3. The van der Waals surface area contributed by atoms with Crippen LogP contribution in [-0.2, 0) is 9.59 Å². The van der Waals surface area contributed by atoms with Crippen molar-refractivity contribution >= 4 is 11.8 Å². The molecule has 2 rings (SSSR count). The highest BCUT2D eigenvalue weighted by molar-refractivity contribution is 5.95. The Hall–Kier alpha value is -2.04. The van der Waals surface area contributed by atoms with Crippen LogP contribution in [0.1, 0.15) is 18.5 Å². The van der Waals surface area contributed by atoms with E-state index in [9.17, 15) is 14.7 Å². The number of likely N-dealkylation sites (N-methyl/N-ethyl adjacent to an activating group) is 1. The Bertz CT molecular complexity index is 459. The fraction of sp³-hybridized carbons (Fsp3) is 0.333. The van der Waals surface area contributed by atoms with E-state index in [0.29, 0.717) is 12.1 Å². The van der Waals surface area contributed by atoms with Crippen LogP contribution in [0.15, 0.2) is 24.3 Å². The predicted molar refractivity (Wildman–Crippen MR) is 61.2 cm³/mol. The van der Waals surface area contributed by atoms with Crippen molar-refractivity contribution in [2.75, 3.05) is 13.1 Å². The van der Waals surface area contributed by atoms with Gasteiger partial charge >= 0.3 is 0 Å². The number of phenolic OH excluding ortho intramolecular Hbond substituents is 1. The smallest absolute Gasteiger partial charge is 0.250 e. The Morgan fingerprint density at radius 2 is 2.24 bits per heavy atom. The van der Waals surface area contributed by atoms with Gasteiger partial charge in [0.1, 0.15) is 11.8 Å². The Morgan fingerprint density at radius 3 is 2.88 bits per heavy atom. The zero-order valence-corrected chi connectivity index (χ0v) is 9.51. The van der Waals surface area contributed by atoms with Gasteiger partial charge in [0, 0.05) is 6.54 Å². The first kappa shape index (κ1) is 11.4. The summed E-state index contributed by atoms with van der Waals surface area (Å²) in [7, 11) is 0. The van der Waals surface area contributed by atoms with E-state index in [1.807, 2.05) is 6.92 Å². The van der Waals surface area contributed by atoms with Crippen molar-refractivity contribution in [3.05, 3.63) is 29.8 Å². The summed E-state index contributed by atoms with van der Waals surface area (Å²) in [6.07, 6.45) is 0. The van der Waals surface area contributed by atoms with Crippen LogP contribution in [0.3, 0.4) is 0 Å². The number of nitrogens with zero attached hydrogens (tertiary/aromatic N) is 1. The average Bonchev–Trinajstić information content (AvgIpc) is 2.31. The van der Waals surface area contributed by atoms with E-state index in [1.165, 1.54) is 17.0 Å². The van der Waals surface area contributed by atoms with Gasteiger partial charge in [-0.2, -0.15) is 0 Å². The molecule has 90 valence electrons. The van der Waals surface area contributed by atoms with Crippen molar-refractivity contribution in [2.45, 2.75) is 13.0 Å². The number of aromatic hydroxyl groups is 1. The van der Waals surface area contributed by atoms with Crippen LogP contribution in [0, 0.1) is 0 Å². The van der Waals surface area contributed by atoms with Gasteiger partial charge in [0.15, 0.2) is 0 Å². The molecule has 0 radical (unpaired) electrons. The molecule has 2 amide bonds. The quantitative estimate of drug-likeness (QED) is 0.778. The highest BCUT2D eigenvalue weighted by atomic mass is 16.3. The first-order valence-corrected chi connectivity index (χ1v) is 5.49. The van der Waals surface area contributed by atoms with E-state index in [1.54, 1.807) is 12.1 Å². The van der Waals surface area contributed by atoms with E-state index in [0.717, 1.165) is 0 Å². The zero-order valence-electron chi connectivity index (χ0n) is 9.51. The van der Waals surface area contributed by atoms with E-state index < -0.39 is 6.04 Å². The Morgan fingerprint density at radius 1 is 1.47 bits per heavy atom. The van der Waals surface area contributed by atoms with Crippen LogP contribution in [0.4, 0.5) is 0 Å². The number of phenols is 1. The van der Waals surface area contributed by atoms with Gasteiger partial charge in [-0.15, -0.1) is 0 Å². The van der Waals surface area contributed by atoms with Crippen LogP contribution < -0.4 is 5.32 Å². The maximum Gasteiger partial charge on any atom is 0.250 e. The molecule has 1 saturated heterocycles. The number of nitrogens with one attached hydrogen (secondary N) is 1. The van der Waals surface area contributed by atoms with Crippen molar-refractivity contribution in [1.82, 2.24) is 10.2 Å². The summed E-state index contributed by atoms with van der Waals surface area (Å²) in [6, 6.07) is 5.68. The number of carbonyl (C=O) groups is 2. The van der Waals surface area contributed by atoms with Gasteiger partial charge in [-0.3, -0.25) is 9.59 Å². The molecular formula is C12H14N2O3. The third-order valence-corrected chi connectivity index (χ3v) is 2.78. The minimum Gasteiger partial charge on any atom is -0.508 e. The molecule has 2 N–H and O–H groups in total. The molecule has 1 atom stereocenters. The lowest BCUT2D eigenvalue weighted by molar-refractivity contribution is -0.144. The first-order valence-electron chi connectivity index (χ1n) is 5.49. The van der Waals surface area contributed by atoms with Crippen molar-refractivity contribution < 1.29 is 14.7 Å². The summed E-state index contributed by atoms with van der Waals surface area (Å²) in [4.78, 5) is 25.0. The van der Waals surface area contributed by atoms with Gasteiger partial charge in [0.05, 0.1) is 6.54 Å². The number of hydrogen-bond acceptors (Lipinski definition) is 3. The number of benzene rings is 1. The fourth-order valence-electron chi connectivity index (χ4n) is 1.90. The topological polar surface area (TPSA) is 69.6 Å². The first-order chi connectivity index (χ1) is 8.11. The second kappa shape index (κ2) is 4.45. The standard InChI is InChI=1S/C12H14N2O3/c1-2-14-7-10(16)13-11(12(14)17)8-4-3-5-9(15)6-8/h3-6,11,15H,2,7H2,1H3,(H,13,16)/t11-/m0/s1. The number of rotatable bonds is 2. The SMILES string of the molecule is CCN1CC(=O)N[C@@H](c2cccc(O)c2)C1=O. The number of hydrogen-bond donors (Lipinski definition) is 2. The van der Waals surface area contributed by atoms with Crippen molar-refractivity contribution in [2.24, 2.45) is 0 Å². The van der Waals surface area contributed by atoms with Crippen LogP contribution >= 0.6 is 0 Å². The minimum absolute atomic E-state index is 0.0816.